The Labute approximate surface area is 201 Å². The van der Waals surface area contributed by atoms with Crippen molar-refractivity contribution in [3.63, 3.8) is 0 Å². The molecule has 35 heavy (non-hydrogen) atoms. The smallest absolute Gasteiger partial charge is 0.356 e. The summed E-state index contributed by atoms with van der Waals surface area (Å²) in [6.45, 7) is 0.814. The van der Waals surface area contributed by atoms with Crippen LogP contribution in [0.15, 0.2) is 60.9 Å². The maximum absolute atomic E-state index is 12.4. The monoisotopic (exact) mass is 473 g/mol. The van der Waals surface area contributed by atoms with E-state index in [0.29, 0.717) is 17.9 Å². The summed E-state index contributed by atoms with van der Waals surface area (Å²) in [5.74, 6) is -0.254. The number of nitrogens with one attached hydrogen (secondary N) is 1. The van der Waals surface area contributed by atoms with Crippen LogP contribution in [0.3, 0.4) is 0 Å². The second-order valence-corrected chi connectivity index (χ2v) is 7.04. The van der Waals surface area contributed by atoms with E-state index in [1.807, 2.05) is 42.5 Å². The Morgan fingerprint density at radius 1 is 1.11 bits per heavy atom. The van der Waals surface area contributed by atoms with Gasteiger partial charge in [0.15, 0.2) is 5.69 Å². The van der Waals surface area contributed by atoms with Crippen molar-refractivity contribution in [1.82, 2.24) is 24.9 Å². The predicted octanol–water partition coefficient (Wildman–Crippen LogP) is 1.87. The SMILES string of the molecule is COC(=O)c1cc(C(=O)NCc2cccc(OC)c2)nc2ncnn12.N#Cc1ccc(CN)cc1. The van der Waals surface area contributed by atoms with Crippen molar-refractivity contribution in [1.29, 1.82) is 5.26 Å². The van der Waals surface area contributed by atoms with Gasteiger partial charge in [-0.2, -0.15) is 19.9 Å². The van der Waals surface area contributed by atoms with Gasteiger partial charge in [-0.1, -0.05) is 24.3 Å². The summed E-state index contributed by atoms with van der Waals surface area (Å²) >= 11 is 0. The summed E-state index contributed by atoms with van der Waals surface area (Å²) in [5, 5.41) is 15.1. The molecule has 0 radical (unpaired) electrons. The van der Waals surface area contributed by atoms with E-state index in [0.717, 1.165) is 11.1 Å². The zero-order valence-electron chi connectivity index (χ0n) is 19.1. The molecule has 0 spiro atoms. The molecule has 0 unspecified atom stereocenters. The third-order valence-electron chi connectivity index (χ3n) is 4.78. The number of aromatic nitrogens is 4. The van der Waals surface area contributed by atoms with Gasteiger partial charge >= 0.3 is 5.97 Å². The quantitative estimate of drug-likeness (QED) is 0.399. The number of ether oxygens (including phenoxy) is 2. The molecular formula is C24H23N7O4. The van der Waals surface area contributed by atoms with Crippen molar-refractivity contribution < 1.29 is 19.1 Å². The molecule has 4 aromatic rings. The fraction of sp³-hybridized carbons (Fsp3) is 0.167. The van der Waals surface area contributed by atoms with Gasteiger partial charge < -0.3 is 20.5 Å². The molecule has 3 N–H and O–H groups in total. The molecule has 0 bridgehead atoms. The molecule has 0 aliphatic carbocycles. The molecule has 11 nitrogen and oxygen atoms in total. The van der Waals surface area contributed by atoms with Crippen molar-refractivity contribution in [2.24, 2.45) is 5.73 Å². The first-order valence-electron chi connectivity index (χ1n) is 10.4. The van der Waals surface area contributed by atoms with E-state index in [9.17, 15) is 9.59 Å². The lowest BCUT2D eigenvalue weighted by atomic mass is 10.1. The molecule has 4 rings (SSSR count). The van der Waals surface area contributed by atoms with Gasteiger partial charge in [0.25, 0.3) is 11.7 Å². The van der Waals surface area contributed by atoms with Gasteiger partial charge in [-0.15, -0.1) is 0 Å². The molecule has 0 saturated carbocycles. The minimum atomic E-state index is -0.639. The third kappa shape index (κ3) is 6.37. The number of nitrogens with zero attached hydrogens (tertiary/aromatic N) is 5. The first kappa shape index (κ1) is 24.8. The van der Waals surface area contributed by atoms with Gasteiger partial charge in [0.1, 0.15) is 17.8 Å². The van der Waals surface area contributed by atoms with Crippen LogP contribution >= 0.6 is 0 Å². The average Bonchev–Trinajstić information content (AvgIpc) is 3.40. The van der Waals surface area contributed by atoms with Crippen LogP contribution < -0.4 is 15.8 Å². The van der Waals surface area contributed by atoms with E-state index in [2.05, 4.69) is 20.4 Å². The number of fused-ring (bicyclic) bond motifs is 1. The molecule has 11 heteroatoms. The number of nitrogens with two attached hydrogens (primary N) is 1. The Kier molecular flexibility index (Phi) is 8.42. The highest BCUT2D eigenvalue weighted by Crippen LogP contribution is 2.13. The lowest BCUT2D eigenvalue weighted by molar-refractivity contribution is 0.0590. The number of rotatable bonds is 6. The predicted molar refractivity (Wildman–Crippen MR) is 125 cm³/mol. The normalized spacial score (nSPS) is 10.0. The van der Waals surface area contributed by atoms with Gasteiger partial charge in [0.05, 0.1) is 25.9 Å². The van der Waals surface area contributed by atoms with Crippen molar-refractivity contribution >= 4 is 17.7 Å². The number of benzene rings is 2. The van der Waals surface area contributed by atoms with E-state index >= 15 is 0 Å². The summed E-state index contributed by atoms with van der Waals surface area (Å²) in [6, 6.07) is 17.9. The Hall–Kier alpha value is -4.82. The summed E-state index contributed by atoms with van der Waals surface area (Å²) in [6.07, 6.45) is 1.24. The molecule has 178 valence electrons. The molecule has 2 aromatic carbocycles. The number of amides is 1. The second-order valence-electron chi connectivity index (χ2n) is 7.04. The fourth-order valence-corrected chi connectivity index (χ4v) is 2.95. The lowest BCUT2D eigenvalue weighted by Gasteiger charge is -2.08. The van der Waals surface area contributed by atoms with Crippen LogP contribution in [0.2, 0.25) is 0 Å². The minimum absolute atomic E-state index is 0.0452. The second kappa shape index (κ2) is 11.9. The Bertz CT molecular complexity index is 1360. The number of methoxy groups -OCH3 is 2. The largest absolute Gasteiger partial charge is 0.497 e. The van der Waals surface area contributed by atoms with Crippen LogP contribution in [0.1, 0.15) is 37.7 Å². The lowest BCUT2D eigenvalue weighted by Crippen LogP contribution is -2.25. The molecule has 2 heterocycles. The molecule has 0 saturated heterocycles. The van der Waals surface area contributed by atoms with Crippen LogP contribution in [0.25, 0.3) is 5.78 Å². The van der Waals surface area contributed by atoms with Crippen LogP contribution in [0.4, 0.5) is 0 Å². The van der Waals surface area contributed by atoms with E-state index in [-0.39, 0.29) is 23.7 Å². The van der Waals surface area contributed by atoms with Gasteiger partial charge in [0.2, 0.25) is 0 Å². The fourth-order valence-electron chi connectivity index (χ4n) is 2.95. The first-order chi connectivity index (χ1) is 17.0. The maximum Gasteiger partial charge on any atom is 0.356 e. The summed E-state index contributed by atoms with van der Waals surface area (Å²) < 4.78 is 11.1. The Morgan fingerprint density at radius 2 is 1.89 bits per heavy atom. The Balaban J connectivity index is 0.000000287. The standard InChI is InChI=1S/C16H15N5O4.C8H8N2/c1-24-11-5-3-4-10(6-11)8-17-14(22)12-7-13(15(23)25-2)21-16(20-12)18-9-19-21;9-5-7-1-2-8(6-10)4-3-7/h3-7,9H,8H2,1-2H3,(H,17,22);1-4H,5,9H2. The third-order valence-corrected chi connectivity index (χ3v) is 4.78. The zero-order valence-corrected chi connectivity index (χ0v) is 19.1. The maximum atomic E-state index is 12.4. The van der Waals surface area contributed by atoms with Crippen molar-refractivity contribution in [2.75, 3.05) is 14.2 Å². The van der Waals surface area contributed by atoms with E-state index in [4.69, 9.17) is 20.5 Å². The number of carbonyl (C=O) groups is 2. The number of hydrogen-bond acceptors (Lipinski definition) is 9. The van der Waals surface area contributed by atoms with Gasteiger partial charge in [0, 0.05) is 19.2 Å². The molecular weight excluding hydrogens is 450 g/mol. The number of carbonyl (C=O) groups excluding carboxylic acids is 2. The van der Waals surface area contributed by atoms with Gasteiger partial charge in [-0.25, -0.2) is 9.78 Å². The molecule has 1 amide bonds. The van der Waals surface area contributed by atoms with Gasteiger partial charge in [-0.3, -0.25) is 4.79 Å². The van der Waals surface area contributed by atoms with Crippen LogP contribution in [0.5, 0.6) is 5.75 Å². The topological polar surface area (TPSA) is 158 Å². The number of esters is 1. The van der Waals surface area contributed by atoms with Crippen LogP contribution in [0, 0.1) is 11.3 Å². The van der Waals surface area contributed by atoms with Crippen molar-refractivity contribution in [3.8, 4) is 11.8 Å². The molecule has 0 aliphatic rings. The molecule has 0 aliphatic heterocycles. The van der Waals surface area contributed by atoms with E-state index < -0.39 is 11.9 Å². The summed E-state index contributed by atoms with van der Waals surface area (Å²) in [7, 11) is 2.82. The zero-order chi connectivity index (χ0) is 25.2. The van der Waals surface area contributed by atoms with Crippen molar-refractivity contribution in [3.05, 3.63) is 89.0 Å². The number of nitriles is 1. The van der Waals surface area contributed by atoms with Crippen LogP contribution in [-0.4, -0.2) is 45.7 Å². The summed E-state index contributed by atoms with van der Waals surface area (Å²) in [4.78, 5) is 32.3. The van der Waals surface area contributed by atoms with E-state index in [1.54, 1.807) is 19.2 Å². The highest BCUT2D eigenvalue weighted by molar-refractivity contribution is 5.96. The highest BCUT2D eigenvalue weighted by Gasteiger charge is 2.18. The minimum Gasteiger partial charge on any atom is -0.497 e. The van der Waals surface area contributed by atoms with Gasteiger partial charge in [-0.05, 0) is 35.4 Å². The molecule has 2 aromatic heterocycles. The van der Waals surface area contributed by atoms with E-state index in [1.165, 1.54) is 24.0 Å². The molecule has 0 atom stereocenters. The Morgan fingerprint density at radius 3 is 2.54 bits per heavy atom. The first-order valence-corrected chi connectivity index (χ1v) is 10.4. The van der Waals surface area contributed by atoms with Crippen LogP contribution in [-0.2, 0) is 17.8 Å². The molecule has 0 fully saturated rings. The summed E-state index contributed by atoms with van der Waals surface area (Å²) in [5.41, 5.74) is 8.07. The van der Waals surface area contributed by atoms with Crippen molar-refractivity contribution in [2.45, 2.75) is 13.1 Å². The average molecular weight is 473 g/mol. The highest BCUT2D eigenvalue weighted by atomic mass is 16.5. The number of hydrogen-bond donors (Lipinski definition) is 2.